The first-order valence-electron chi connectivity index (χ1n) is 13.1. The van der Waals surface area contributed by atoms with E-state index in [-0.39, 0.29) is 29.1 Å². The molecule has 0 saturated carbocycles. The number of rotatable bonds is 9. The summed E-state index contributed by atoms with van der Waals surface area (Å²) < 4.78 is 53.8. The van der Waals surface area contributed by atoms with Crippen LogP contribution >= 0.6 is 22.6 Å². The summed E-state index contributed by atoms with van der Waals surface area (Å²) in [5.41, 5.74) is -0.0196. The molecule has 9 nitrogen and oxygen atoms in total. The fraction of sp³-hybridized carbons (Fsp3) is 0.129. The van der Waals surface area contributed by atoms with Gasteiger partial charge in [0.2, 0.25) is 0 Å². The summed E-state index contributed by atoms with van der Waals surface area (Å²) >= 11 is 2.05. The summed E-state index contributed by atoms with van der Waals surface area (Å²) in [5, 5.41) is 15.7. The van der Waals surface area contributed by atoms with Gasteiger partial charge in [0.1, 0.15) is 6.61 Å². The van der Waals surface area contributed by atoms with Gasteiger partial charge in [0.05, 0.1) is 37.8 Å². The molecule has 0 unspecified atom stereocenters. The van der Waals surface area contributed by atoms with E-state index in [0.717, 1.165) is 16.8 Å². The quantitative estimate of drug-likeness (QED) is 0.0680. The minimum Gasteiger partial charge on any atom is -0.490 e. The Hall–Kier alpha value is -4.79. The molecule has 0 amide bonds. The lowest BCUT2D eigenvalue weighted by atomic mass is 10.1. The number of non-ortho nitro benzene ring substituents is 1. The molecule has 0 saturated heterocycles. The molecular weight excluding hydrogens is 692 g/mol. The van der Waals surface area contributed by atoms with Crippen molar-refractivity contribution in [2.24, 2.45) is 5.10 Å². The van der Waals surface area contributed by atoms with E-state index in [1.165, 1.54) is 30.5 Å². The van der Waals surface area contributed by atoms with Gasteiger partial charge in [0.15, 0.2) is 17.3 Å². The molecule has 5 rings (SSSR count). The molecule has 1 heterocycles. The molecule has 0 fully saturated rings. The predicted octanol–water partition coefficient (Wildman–Crippen LogP) is 7.46. The highest BCUT2D eigenvalue weighted by Gasteiger charge is 2.31. The fourth-order valence-electron chi connectivity index (χ4n) is 4.36. The van der Waals surface area contributed by atoms with Crippen LogP contribution in [0.1, 0.15) is 23.6 Å². The van der Waals surface area contributed by atoms with Crippen LogP contribution < -0.4 is 15.0 Å². The Bertz CT molecular complexity index is 1960. The lowest BCUT2D eigenvalue weighted by molar-refractivity contribution is -0.384. The van der Waals surface area contributed by atoms with Crippen molar-refractivity contribution in [1.82, 2.24) is 9.66 Å². The maximum absolute atomic E-state index is 13.5. The van der Waals surface area contributed by atoms with Crippen LogP contribution in [-0.2, 0) is 12.8 Å². The normalized spacial score (nSPS) is 11.7. The molecule has 224 valence electrons. The Kier molecular flexibility index (Phi) is 8.94. The summed E-state index contributed by atoms with van der Waals surface area (Å²) in [4.78, 5) is 28.6. The number of aromatic nitrogens is 2. The number of fused-ring (bicyclic) bond motifs is 1. The number of alkyl halides is 3. The first-order chi connectivity index (χ1) is 21.0. The van der Waals surface area contributed by atoms with Crippen LogP contribution in [0.4, 0.5) is 18.9 Å². The summed E-state index contributed by atoms with van der Waals surface area (Å²) in [5.74, 6) is 0.714. The van der Waals surface area contributed by atoms with E-state index >= 15 is 0 Å². The molecule has 0 aliphatic rings. The average molecular weight is 714 g/mol. The van der Waals surface area contributed by atoms with E-state index in [4.69, 9.17) is 9.47 Å². The second-order valence-electron chi connectivity index (χ2n) is 9.37. The molecule has 0 N–H and O–H groups in total. The van der Waals surface area contributed by atoms with Crippen LogP contribution in [0.25, 0.3) is 22.3 Å². The van der Waals surface area contributed by atoms with Gasteiger partial charge in [-0.15, -0.1) is 0 Å². The van der Waals surface area contributed by atoms with Crippen LogP contribution in [0.5, 0.6) is 11.5 Å². The second kappa shape index (κ2) is 12.8. The number of para-hydroxylation sites is 1. The number of ether oxygens (including phenoxy) is 2. The van der Waals surface area contributed by atoms with Crippen LogP contribution in [0, 0.1) is 13.7 Å². The molecule has 0 aliphatic heterocycles. The molecule has 44 heavy (non-hydrogen) atoms. The van der Waals surface area contributed by atoms with Crippen molar-refractivity contribution in [3.63, 3.8) is 0 Å². The van der Waals surface area contributed by atoms with Crippen LogP contribution in [0.15, 0.2) is 94.8 Å². The summed E-state index contributed by atoms with van der Waals surface area (Å²) in [6, 6.07) is 20.5. The summed E-state index contributed by atoms with van der Waals surface area (Å²) in [7, 11) is 0. The standard InChI is InChI=1S/C31H22F3IN4O5/c1-2-43-27-15-20(14-25(35)28(27)44-18-19-7-5-10-23(13-19)39(41)42)17-36-38-29(21-8-6-9-22(16-21)31(32,33)34)37-26-12-4-3-11-24(26)30(38)40/h3-17H,2,18H2,1H3. The van der Waals surface area contributed by atoms with E-state index in [9.17, 15) is 28.1 Å². The van der Waals surface area contributed by atoms with Gasteiger partial charge in [-0.05, 0) is 77.0 Å². The monoisotopic (exact) mass is 714 g/mol. The van der Waals surface area contributed by atoms with Gasteiger partial charge in [-0.2, -0.15) is 22.9 Å². The zero-order chi connectivity index (χ0) is 31.4. The topological polar surface area (TPSA) is 109 Å². The largest absolute Gasteiger partial charge is 0.490 e. The third-order valence-corrected chi connectivity index (χ3v) is 7.16. The Labute approximate surface area is 261 Å². The van der Waals surface area contributed by atoms with Gasteiger partial charge < -0.3 is 9.47 Å². The van der Waals surface area contributed by atoms with Crippen molar-refractivity contribution < 1.29 is 27.6 Å². The maximum atomic E-state index is 13.5. The van der Waals surface area contributed by atoms with Crippen LogP contribution in [-0.4, -0.2) is 27.4 Å². The number of halogens is 4. The zero-order valence-corrected chi connectivity index (χ0v) is 25.1. The molecular formula is C31H22F3IN4O5. The first-order valence-corrected chi connectivity index (χ1v) is 14.2. The second-order valence-corrected chi connectivity index (χ2v) is 10.5. The molecule has 0 bridgehead atoms. The smallest absolute Gasteiger partial charge is 0.416 e. The van der Waals surface area contributed by atoms with E-state index in [0.29, 0.717) is 38.3 Å². The SMILES string of the molecule is CCOc1cc(C=Nn2c(-c3cccc(C(F)(F)F)c3)nc3ccccc3c2=O)cc(I)c1OCc1cccc([N+](=O)[O-])c1. The minimum absolute atomic E-state index is 0.0453. The van der Waals surface area contributed by atoms with Crippen molar-refractivity contribution >= 4 is 45.4 Å². The van der Waals surface area contributed by atoms with Gasteiger partial charge >= 0.3 is 6.18 Å². The molecule has 13 heteroatoms. The molecule has 0 atom stereocenters. The molecule has 0 radical (unpaired) electrons. The fourth-order valence-corrected chi connectivity index (χ4v) is 5.14. The maximum Gasteiger partial charge on any atom is 0.416 e. The van der Waals surface area contributed by atoms with Gasteiger partial charge in [-0.3, -0.25) is 14.9 Å². The van der Waals surface area contributed by atoms with Crippen molar-refractivity contribution in [2.45, 2.75) is 19.7 Å². The summed E-state index contributed by atoms with van der Waals surface area (Å²) in [6.45, 7) is 2.14. The van der Waals surface area contributed by atoms with Crippen LogP contribution in [0.3, 0.4) is 0 Å². The van der Waals surface area contributed by atoms with E-state index < -0.39 is 22.2 Å². The summed E-state index contributed by atoms with van der Waals surface area (Å²) in [6.07, 6.45) is -3.21. The Morgan fingerprint density at radius 2 is 1.80 bits per heavy atom. The molecule has 5 aromatic rings. The highest BCUT2D eigenvalue weighted by Crippen LogP contribution is 2.35. The average Bonchev–Trinajstić information content (AvgIpc) is 3.00. The van der Waals surface area contributed by atoms with Crippen molar-refractivity contribution in [2.75, 3.05) is 6.61 Å². The molecule has 1 aromatic heterocycles. The van der Waals surface area contributed by atoms with Gasteiger partial charge in [0.25, 0.3) is 11.2 Å². The third-order valence-electron chi connectivity index (χ3n) is 6.36. The lowest BCUT2D eigenvalue weighted by Crippen LogP contribution is -2.20. The number of nitrogens with zero attached hydrogens (tertiary/aromatic N) is 4. The molecule has 4 aromatic carbocycles. The highest BCUT2D eigenvalue weighted by molar-refractivity contribution is 14.1. The Morgan fingerprint density at radius 1 is 1.02 bits per heavy atom. The number of hydrogen-bond acceptors (Lipinski definition) is 7. The molecule has 0 aliphatic carbocycles. The van der Waals surface area contributed by atoms with E-state index in [1.807, 2.05) is 22.6 Å². The molecule has 0 spiro atoms. The Morgan fingerprint density at radius 3 is 2.55 bits per heavy atom. The number of nitro benzene ring substituents is 1. The predicted molar refractivity (Wildman–Crippen MR) is 167 cm³/mol. The highest BCUT2D eigenvalue weighted by atomic mass is 127. The van der Waals surface area contributed by atoms with Crippen molar-refractivity contribution in [3.8, 4) is 22.9 Å². The van der Waals surface area contributed by atoms with Gasteiger partial charge in [-0.1, -0.05) is 36.4 Å². The number of hydrogen-bond donors (Lipinski definition) is 0. The third kappa shape index (κ3) is 6.72. The van der Waals surface area contributed by atoms with Gasteiger partial charge in [0, 0.05) is 17.7 Å². The van der Waals surface area contributed by atoms with E-state index in [1.54, 1.807) is 55.5 Å². The van der Waals surface area contributed by atoms with Crippen molar-refractivity contribution in [3.05, 3.63) is 126 Å². The first kappa shape index (κ1) is 30.7. The minimum atomic E-state index is -4.59. The van der Waals surface area contributed by atoms with Crippen molar-refractivity contribution in [1.29, 1.82) is 0 Å². The zero-order valence-electron chi connectivity index (χ0n) is 22.9. The number of benzene rings is 4. The van der Waals surface area contributed by atoms with E-state index in [2.05, 4.69) is 10.1 Å². The van der Waals surface area contributed by atoms with Gasteiger partial charge in [-0.25, -0.2) is 4.98 Å². The lowest BCUT2D eigenvalue weighted by Gasteiger charge is -2.15. The Balaban J connectivity index is 1.54. The number of nitro groups is 1. The van der Waals surface area contributed by atoms with Crippen LogP contribution in [0.2, 0.25) is 0 Å².